The van der Waals surface area contributed by atoms with E-state index in [0.29, 0.717) is 79.1 Å². The number of ether oxygens (including phenoxy) is 4. The van der Waals surface area contributed by atoms with Gasteiger partial charge in [-0.15, -0.1) is 0 Å². The van der Waals surface area contributed by atoms with Crippen LogP contribution in [0.5, 0.6) is 51.7 Å². The summed E-state index contributed by atoms with van der Waals surface area (Å²) < 4.78 is 180. The van der Waals surface area contributed by atoms with Crippen molar-refractivity contribution in [2.45, 2.75) is 61.1 Å². The molecule has 0 saturated carbocycles. The van der Waals surface area contributed by atoms with E-state index in [1.807, 2.05) is 70.2 Å². The van der Waals surface area contributed by atoms with Crippen molar-refractivity contribution in [2.24, 2.45) is 0 Å². The molecule has 17 aromatic rings. The zero-order valence-corrected chi connectivity index (χ0v) is 78.7. The zero-order valence-electron chi connectivity index (χ0n) is 71.4. The second kappa shape index (κ2) is 41.7. The summed E-state index contributed by atoms with van der Waals surface area (Å²) in [6.07, 6.45) is 0. The average molecular weight is 1910 g/mol. The SMILES string of the molecule is Cc1cc(O)c(N)cc1N.Cc1ccc(-c2nc3cc4nc(C)oc4cc3o2)c(C(=O)c2ccc(Oc3ccc(Oc4ccc(S(=O)(=O)O)cc4)c(S(=O)(=O)O)c3)cc2)c1.Cc1ccc(-c2nc3cc4nc(C)oc4cc3o2)cc1.Cc1ccc(C(=O)O)cc1.O=C(O)c1ccc(C(=O)O)c(C(=O)c2ccc(Oc3ccc(Oc4ccc(S(=O)(=O)[O-])cc4)c(S(=O)(=O)[O-])c3)cc2)c1.[Na+].[Na+]. The number of aromatic nitrogens is 4. The zero-order chi connectivity index (χ0) is 95.2. The monoisotopic (exact) mass is 1910 g/mol. The number of nitrogen functional groups attached to an aromatic ring is 2. The number of nitrogens with two attached hydrogens (primary N) is 2. The van der Waals surface area contributed by atoms with E-state index in [4.69, 9.17) is 62.8 Å². The number of fused-ring (bicyclic) bond motifs is 4. The Labute approximate surface area is 805 Å². The number of nitrogens with zero attached hydrogens (tertiary/aromatic N) is 4. The van der Waals surface area contributed by atoms with E-state index >= 15 is 0 Å². The topological polar surface area (TPSA) is 582 Å². The van der Waals surface area contributed by atoms with Gasteiger partial charge in [-0.3, -0.25) is 18.7 Å². The molecule has 134 heavy (non-hydrogen) atoms. The quantitative estimate of drug-likeness (QED) is 0.00827. The number of carbonyl (C=O) groups excluding carboxylic acids is 2. The van der Waals surface area contributed by atoms with Gasteiger partial charge >= 0.3 is 77.0 Å². The Hall–Kier alpha value is -14.3. The van der Waals surface area contributed by atoms with Gasteiger partial charge < -0.3 is 77.6 Å². The van der Waals surface area contributed by atoms with E-state index in [2.05, 4.69) is 26.9 Å². The molecule has 4 heterocycles. The van der Waals surface area contributed by atoms with Crippen LogP contribution in [0.4, 0.5) is 11.4 Å². The van der Waals surface area contributed by atoms with Crippen LogP contribution in [0.25, 0.3) is 67.3 Å². The molecule has 4 aromatic heterocycles. The number of anilines is 2. The molecule has 13 aromatic carbocycles. The fraction of sp³-hybridized carbons (Fsp3) is 0.0645. The first-order valence-electron chi connectivity index (χ1n) is 38.5. The van der Waals surface area contributed by atoms with Gasteiger partial charge in [-0.25, -0.2) is 51.2 Å². The van der Waals surface area contributed by atoms with Crippen molar-refractivity contribution in [3.8, 4) is 74.7 Å². The van der Waals surface area contributed by atoms with Crippen LogP contribution in [-0.2, 0) is 40.5 Å². The van der Waals surface area contributed by atoms with Gasteiger partial charge in [0.15, 0.2) is 45.7 Å². The number of hydrogen-bond donors (Lipinski definition) is 8. The molecule has 0 fully saturated rings. The Balaban J connectivity index is 0.000000182. The molecule has 17 rings (SSSR count). The van der Waals surface area contributed by atoms with E-state index in [1.54, 1.807) is 79.7 Å². The van der Waals surface area contributed by atoms with Gasteiger partial charge in [-0.1, -0.05) is 47.0 Å². The number of aromatic hydroxyl groups is 1. The molecule has 0 atom stereocenters. The number of aromatic carboxylic acids is 3. The minimum atomic E-state index is -5.10. The number of aryl methyl sites for hydroxylation is 6. The van der Waals surface area contributed by atoms with Crippen LogP contribution in [0.15, 0.2) is 292 Å². The predicted octanol–water partition coefficient (Wildman–Crippen LogP) is 12.1. The van der Waals surface area contributed by atoms with Crippen LogP contribution < -0.4 is 89.5 Å². The van der Waals surface area contributed by atoms with Gasteiger partial charge in [0, 0.05) is 77.2 Å². The molecule has 35 nitrogen and oxygen atoms in total. The van der Waals surface area contributed by atoms with E-state index in [9.17, 15) is 81.5 Å². The van der Waals surface area contributed by atoms with Gasteiger partial charge in [0.25, 0.3) is 20.2 Å². The molecule has 0 unspecified atom stereocenters. The number of carboxylic acids is 3. The largest absolute Gasteiger partial charge is 1.00 e. The van der Waals surface area contributed by atoms with Crippen molar-refractivity contribution in [1.82, 2.24) is 19.9 Å². The van der Waals surface area contributed by atoms with Crippen LogP contribution in [0.1, 0.15) is 97.0 Å². The summed E-state index contributed by atoms with van der Waals surface area (Å²) >= 11 is 0. The summed E-state index contributed by atoms with van der Waals surface area (Å²) in [5.41, 5.74) is 22.5. The summed E-state index contributed by atoms with van der Waals surface area (Å²) in [6, 6.07) is 60.4. The first-order valence-corrected chi connectivity index (χ1v) is 44.2. The first kappa shape index (κ1) is 100. The molecule has 0 aliphatic carbocycles. The van der Waals surface area contributed by atoms with E-state index in [1.165, 1.54) is 72.3 Å². The maximum Gasteiger partial charge on any atom is 1.00 e. The molecule has 672 valence electrons. The van der Waals surface area contributed by atoms with Crippen molar-refractivity contribution in [2.75, 3.05) is 11.5 Å². The van der Waals surface area contributed by atoms with Crippen LogP contribution >= 0.6 is 0 Å². The standard InChI is InChI=1S/C35H24N2O11S2.C27H18O13S2.C16H12N2O2.C8H8O2.C7H10N2O.2Na/c1-19-3-13-26(35-37-29-17-28-31(18-32(29)48-35)45-20(2)36-28)27(15-19)34(38)21-4-6-22(7-5-21)46-24-10-14-30(33(16-24)50(42,43)44)47-23-8-11-25(12-9-23)49(39,40)41;28-25(22-13-16(26(29)30)3-11-21(22)27(31)32)15-1-4-17(5-2-15)39-19-8-12-23(24(14-19)42(36,37)38)40-18-6-9-20(10-7-18)41(33,34)35;1-9-3-5-11(6-4-9)16-18-13-7-12-14(8-15(13)20-16)19-10(2)17-12;1-6-2-4-7(5-3-6)8(9)10;1-4-2-7(10)6(9)3-5(4)8;;/h3-18H,1-2H3,(H,39,40,41)(H,42,43,44);1-14H,(H,29,30)(H,31,32)(H,33,34,35)(H,36,37,38);3-8H,1-2H3;2-5H,1H3,(H,9,10);2-3,10H,8-9H2,1H3;;/q;;;;;2*+1/p-2. The minimum absolute atomic E-state index is 0. The van der Waals surface area contributed by atoms with Crippen LogP contribution in [0.3, 0.4) is 0 Å². The molecule has 0 radical (unpaired) electrons. The van der Waals surface area contributed by atoms with Crippen molar-refractivity contribution in [3.05, 3.63) is 328 Å². The number of phenols is 1. The number of carboxylic acid groups (broad SMARTS) is 3. The normalized spacial score (nSPS) is 11.2. The minimum Gasteiger partial charge on any atom is -0.744 e. The van der Waals surface area contributed by atoms with E-state index in [-0.39, 0.29) is 138 Å². The number of ketones is 2. The average Bonchev–Trinajstić information content (AvgIpc) is 1.61. The molecule has 0 spiro atoms. The van der Waals surface area contributed by atoms with Crippen molar-refractivity contribution < 1.29 is 192 Å². The summed E-state index contributed by atoms with van der Waals surface area (Å²) in [4.78, 5) is 75.3. The number of rotatable bonds is 21. The predicted molar refractivity (Wildman–Crippen MR) is 475 cm³/mol. The molecule has 0 aliphatic rings. The second-order valence-electron chi connectivity index (χ2n) is 28.9. The van der Waals surface area contributed by atoms with Crippen LogP contribution in [-0.4, -0.2) is 122 Å². The van der Waals surface area contributed by atoms with Crippen LogP contribution in [0, 0.1) is 41.5 Å². The maximum absolute atomic E-state index is 13.8. The molecule has 0 bridgehead atoms. The molecule has 0 aliphatic heterocycles. The Morgan fingerprint density at radius 2 is 0.746 bits per heavy atom. The fourth-order valence-corrected chi connectivity index (χ4v) is 14.8. The van der Waals surface area contributed by atoms with Gasteiger partial charge in [-0.05, 0) is 233 Å². The number of oxazole rings is 4. The molecule has 0 amide bonds. The van der Waals surface area contributed by atoms with Crippen LogP contribution in [0.2, 0.25) is 0 Å². The third-order valence-electron chi connectivity index (χ3n) is 19.2. The third-order valence-corrected chi connectivity index (χ3v) is 22.6. The molecule has 41 heteroatoms. The van der Waals surface area contributed by atoms with Gasteiger partial charge in [0.2, 0.25) is 11.8 Å². The van der Waals surface area contributed by atoms with Crippen molar-refractivity contribution >= 4 is 126 Å². The number of phenolic OH excluding ortho intramolecular Hbond substituents is 1. The maximum atomic E-state index is 13.8. The van der Waals surface area contributed by atoms with Gasteiger partial charge in [-0.2, -0.15) is 16.8 Å². The fourth-order valence-electron chi connectivity index (χ4n) is 12.6. The second-order valence-corrected chi connectivity index (χ2v) is 34.5. The summed E-state index contributed by atoms with van der Waals surface area (Å²) in [6.45, 7) is 11.2. The molecular formula is C93H70N6Na2O29S4. The summed E-state index contributed by atoms with van der Waals surface area (Å²) in [5.74, 6) is -3.07. The first-order chi connectivity index (χ1) is 62.3. The summed E-state index contributed by atoms with van der Waals surface area (Å²) in [7, 11) is -19.1. The number of hydrogen-bond acceptors (Lipinski definition) is 30. The van der Waals surface area contributed by atoms with Crippen molar-refractivity contribution in [3.63, 3.8) is 0 Å². The van der Waals surface area contributed by atoms with Gasteiger partial charge in [0.05, 0.1) is 32.2 Å². The number of benzene rings is 13. The molecule has 0 saturated heterocycles. The molecule has 10 N–H and O–H groups in total. The Morgan fingerprint density at radius 1 is 0.343 bits per heavy atom. The Bertz CT molecular complexity index is 7720. The summed E-state index contributed by atoms with van der Waals surface area (Å²) in [5, 5.41) is 36.1. The van der Waals surface area contributed by atoms with E-state index in [0.717, 1.165) is 112 Å². The van der Waals surface area contributed by atoms with Crippen molar-refractivity contribution in [1.29, 1.82) is 0 Å². The third kappa shape index (κ3) is 24.9. The smallest absolute Gasteiger partial charge is 0.744 e. The van der Waals surface area contributed by atoms with Gasteiger partial charge in [0.1, 0.15) is 104 Å². The number of carbonyl (C=O) groups is 5. The van der Waals surface area contributed by atoms with E-state index < -0.39 is 90.2 Å². The Kier molecular flexibility index (Phi) is 31.2. The molecular weight excluding hydrogens is 1840 g/mol. The Morgan fingerprint density at radius 3 is 1.21 bits per heavy atom.